The molecule has 0 atom stereocenters. The first-order chi connectivity index (χ1) is 8.66. The van der Waals surface area contributed by atoms with Crippen LogP contribution in [0.25, 0.3) is 0 Å². The average molecular weight is 272 g/mol. The van der Waals surface area contributed by atoms with E-state index < -0.39 is 5.41 Å². The van der Waals surface area contributed by atoms with Gasteiger partial charge in [-0.1, -0.05) is 5.16 Å². The van der Waals surface area contributed by atoms with Crippen LogP contribution in [0.2, 0.25) is 0 Å². The molecule has 0 bridgehead atoms. The minimum absolute atomic E-state index is 0.0124. The highest BCUT2D eigenvalue weighted by Crippen LogP contribution is 2.19. The number of nitrogens with two attached hydrogens (primary N) is 1. The fraction of sp³-hybridized carbons (Fsp3) is 0.750. The van der Waals surface area contributed by atoms with Crippen molar-refractivity contribution in [3.05, 3.63) is 0 Å². The molecule has 0 radical (unpaired) electrons. The van der Waals surface area contributed by atoms with Crippen LogP contribution in [0.3, 0.4) is 0 Å². The Bertz CT molecular complexity index is 364. The Hall–Kier alpha value is -1.79. The van der Waals surface area contributed by atoms with Gasteiger partial charge >= 0.3 is 0 Å². The van der Waals surface area contributed by atoms with Crippen molar-refractivity contribution >= 4 is 17.6 Å². The van der Waals surface area contributed by atoms with E-state index in [4.69, 9.17) is 10.9 Å². The van der Waals surface area contributed by atoms with Crippen molar-refractivity contribution in [3.63, 3.8) is 0 Å². The largest absolute Gasteiger partial charge is 0.409 e. The molecule has 0 heterocycles. The van der Waals surface area contributed by atoms with Crippen LogP contribution in [0, 0.1) is 5.41 Å². The Labute approximate surface area is 113 Å². The first-order valence-electron chi connectivity index (χ1n) is 6.23. The van der Waals surface area contributed by atoms with Gasteiger partial charge < -0.3 is 21.2 Å². The molecule has 7 nitrogen and oxygen atoms in total. The lowest BCUT2D eigenvalue weighted by Crippen LogP contribution is -2.51. The quantitative estimate of drug-likeness (QED) is 0.276. The molecule has 0 rings (SSSR count). The Morgan fingerprint density at radius 2 is 1.95 bits per heavy atom. The van der Waals surface area contributed by atoms with Gasteiger partial charge in [0, 0.05) is 12.6 Å². The van der Waals surface area contributed by atoms with Gasteiger partial charge in [0.05, 0.1) is 6.54 Å². The lowest BCUT2D eigenvalue weighted by molar-refractivity contribution is -0.140. The second-order valence-corrected chi connectivity index (χ2v) is 5.15. The van der Waals surface area contributed by atoms with E-state index in [2.05, 4.69) is 10.5 Å². The molecule has 0 aromatic rings. The normalized spacial score (nSPS) is 12.4. The summed E-state index contributed by atoms with van der Waals surface area (Å²) in [5.74, 6) is -0.773. The van der Waals surface area contributed by atoms with E-state index in [0.29, 0.717) is 6.54 Å². The number of likely N-dealkylation sites (N-methyl/N-ethyl adjacent to an activating group) is 1. The number of oxime groups is 1. The van der Waals surface area contributed by atoms with Crippen molar-refractivity contribution in [1.82, 2.24) is 10.2 Å². The van der Waals surface area contributed by atoms with Crippen molar-refractivity contribution in [2.75, 3.05) is 13.1 Å². The highest BCUT2D eigenvalue weighted by atomic mass is 16.4. The standard InChI is InChI=1S/C12H24N4O3/c1-6-16(7-9(17)14-8(2)3)11(18)12(4,5)10(13)15-19/h8,19H,6-7H2,1-5H3,(H2,13,15)(H,14,17). The predicted octanol–water partition coefficient (Wildman–Crippen LogP) is 0.132. The summed E-state index contributed by atoms with van der Waals surface area (Å²) in [6.45, 7) is 8.87. The molecular formula is C12H24N4O3. The molecule has 0 aliphatic rings. The lowest BCUT2D eigenvalue weighted by Gasteiger charge is -2.30. The molecule has 2 amide bonds. The number of carbonyl (C=O) groups is 2. The van der Waals surface area contributed by atoms with Crippen LogP contribution < -0.4 is 11.1 Å². The molecule has 110 valence electrons. The summed E-state index contributed by atoms with van der Waals surface area (Å²) in [4.78, 5) is 25.3. The third-order valence-electron chi connectivity index (χ3n) is 2.74. The Kier molecular flexibility index (Phi) is 6.31. The van der Waals surface area contributed by atoms with Crippen molar-refractivity contribution < 1.29 is 14.8 Å². The molecule has 0 saturated heterocycles. The number of hydrogen-bond acceptors (Lipinski definition) is 4. The lowest BCUT2D eigenvalue weighted by atomic mass is 9.90. The van der Waals surface area contributed by atoms with Crippen LogP contribution in [0.1, 0.15) is 34.6 Å². The van der Waals surface area contributed by atoms with Gasteiger partial charge in [-0.3, -0.25) is 9.59 Å². The summed E-state index contributed by atoms with van der Waals surface area (Å²) < 4.78 is 0. The van der Waals surface area contributed by atoms with E-state index in [-0.39, 0.29) is 30.2 Å². The maximum absolute atomic E-state index is 12.3. The van der Waals surface area contributed by atoms with Crippen molar-refractivity contribution in [3.8, 4) is 0 Å². The van der Waals surface area contributed by atoms with E-state index in [1.165, 1.54) is 4.90 Å². The first kappa shape index (κ1) is 17.2. The van der Waals surface area contributed by atoms with E-state index in [0.717, 1.165) is 0 Å². The summed E-state index contributed by atoms with van der Waals surface area (Å²) in [5, 5.41) is 14.3. The van der Waals surface area contributed by atoms with Gasteiger partial charge in [0.25, 0.3) is 0 Å². The second kappa shape index (κ2) is 6.96. The number of hydrogen-bond donors (Lipinski definition) is 3. The molecule has 0 spiro atoms. The van der Waals surface area contributed by atoms with Gasteiger partial charge in [-0.05, 0) is 34.6 Å². The molecular weight excluding hydrogens is 248 g/mol. The van der Waals surface area contributed by atoms with E-state index >= 15 is 0 Å². The van der Waals surface area contributed by atoms with Gasteiger partial charge in [-0.15, -0.1) is 0 Å². The highest BCUT2D eigenvalue weighted by Gasteiger charge is 2.36. The van der Waals surface area contributed by atoms with E-state index in [1.807, 2.05) is 13.8 Å². The number of rotatable bonds is 6. The van der Waals surface area contributed by atoms with Crippen LogP contribution in [0.15, 0.2) is 5.16 Å². The van der Waals surface area contributed by atoms with Gasteiger partial charge in [0.1, 0.15) is 5.41 Å². The number of amides is 2. The summed E-state index contributed by atoms with van der Waals surface area (Å²) in [6, 6.07) is 0.0124. The number of carbonyl (C=O) groups excluding carboxylic acids is 2. The van der Waals surface area contributed by atoms with Crippen LogP contribution in [-0.2, 0) is 9.59 Å². The molecule has 0 aliphatic carbocycles. The minimum Gasteiger partial charge on any atom is -0.409 e. The summed E-state index contributed by atoms with van der Waals surface area (Å²) in [6.07, 6.45) is 0. The van der Waals surface area contributed by atoms with Crippen LogP contribution in [-0.4, -0.2) is 46.9 Å². The highest BCUT2D eigenvalue weighted by molar-refractivity contribution is 6.06. The SMILES string of the molecule is CCN(CC(=O)NC(C)C)C(=O)C(C)(C)C(N)=NO. The van der Waals surface area contributed by atoms with Gasteiger partial charge in [0.2, 0.25) is 11.8 Å². The van der Waals surface area contributed by atoms with Crippen LogP contribution >= 0.6 is 0 Å². The molecule has 19 heavy (non-hydrogen) atoms. The second-order valence-electron chi connectivity index (χ2n) is 5.15. The molecule has 7 heteroatoms. The number of nitrogens with zero attached hydrogens (tertiary/aromatic N) is 2. The van der Waals surface area contributed by atoms with Gasteiger partial charge in [-0.25, -0.2) is 0 Å². The predicted molar refractivity (Wildman–Crippen MR) is 72.7 cm³/mol. The molecule has 0 aliphatic heterocycles. The molecule has 0 fully saturated rings. The van der Waals surface area contributed by atoms with Crippen LogP contribution in [0.4, 0.5) is 0 Å². The fourth-order valence-electron chi connectivity index (χ4n) is 1.50. The van der Waals surface area contributed by atoms with Gasteiger partial charge in [-0.2, -0.15) is 0 Å². The molecule has 0 aromatic heterocycles. The zero-order valence-corrected chi connectivity index (χ0v) is 12.2. The van der Waals surface area contributed by atoms with Gasteiger partial charge in [0.15, 0.2) is 5.84 Å². The molecule has 0 saturated carbocycles. The minimum atomic E-state index is -1.15. The number of amidine groups is 1. The Morgan fingerprint density at radius 1 is 1.42 bits per heavy atom. The molecule has 4 N–H and O–H groups in total. The molecule has 0 aromatic carbocycles. The fourth-order valence-corrected chi connectivity index (χ4v) is 1.50. The third kappa shape index (κ3) is 4.76. The smallest absolute Gasteiger partial charge is 0.239 e. The monoisotopic (exact) mass is 272 g/mol. The Balaban J connectivity index is 4.88. The number of nitrogens with one attached hydrogen (secondary N) is 1. The summed E-state index contributed by atoms with van der Waals surface area (Å²) >= 11 is 0. The van der Waals surface area contributed by atoms with Crippen molar-refractivity contribution in [1.29, 1.82) is 0 Å². The topological polar surface area (TPSA) is 108 Å². The van der Waals surface area contributed by atoms with Crippen molar-refractivity contribution in [2.45, 2.75) is 40.7 Å². The van der Waals surface area contributed by atoms with Crippen LogP contribution in [0.5, 0.6) is 0 Å². The van der Waals surface area contributed by atoms with E-state index in [9.17, 15) is 9.59 Å². The third-order valence-corrected chi connectivity index (χ3v) is 2.74. The zero-order chi connectivity index (χ0) is 15.2. The summed E-state index contributed by atoms with van der Waals surface area (Å²) in [7, 11) is 0. The molecule has 0 unspecified atom stereocenters. The average Bonchev–Trinajstić information content (AvgIpc) is 2.32. The zero-order valence-electron chi connectivity index (χ0n) is 12.2. The van der Waals surface area contributed by atoms with E-state index in [1.54, 1.807) is 20.8 Å². The maximum atomic E-state index is 12.3. The first-order valence-corrected chi connectivity index (χ1v) is 6.23. The summed E-state index contributed by atoms with van der Waals surface area (Å²) in [5.41, 5.74) is 4.36. The Morgan fingerprint density at radius 3 is 2.32 bits per heavy atom. The maximum Gasteiger partial charge on any atom is 0.239 e. The van der Waals surface area contributed by atoms with Crippen molar-refractivity contribution in [2.24, 2.45) is 16.3 Å².